The molecule has 0 saturated carbocycles. The fraction of sp³-hybridized carbons (Fsp3) is 0.529. The van der Waals surface area contributed by atoms with E-state index in [1.165, 1.54) is 12.8 Å². The molecule has 8 heteroatoms. The van der Waals surface area contributed by atoms with E-state index in [0.717, 1.165) is 24.7 Å². The molecule has 0 spiro atoms. The van der Waals surface area contributed by atoms with Gasteiger partial charge in [0.2, 0.25) is 11.7 Å². The van der Waals surface area contributed by atoms with Crippen LogP contribution in [-0.4, -0.2) is 58.7 Å². The fourth-order valence-corrected chi connectivity index (χ4v) is 3.24. The van der Waals surface area contributed by atoms with Crippen molar-refractivity contribution in [3.05, 3.63) is 35.5 Å². The minimum absolute atomic E-state index is 0.164. The normalized spacial score (nSPS) is 20.9. The predicted octanol–water partition coefficient (Wildman–Crippen LogP) is 1.59. The highest BCUT2D eigenvalue weighted by atomic mass is 16.5. The highest BCUT2D eigenvalue weighted by Gasteiger charge is 2.29. The lowest BCUT2D eigenvalue weighted by molar-refractivity contribution is -0.0258. The van der Waals surface area contributed by atoms with E-state index in [1.807, 2.05) is 6.07 Å². The Morgan fingerprint density at radius 2 is 2.12 bits per heavy atom. The van der Waals surface area contributed by atoms with Crippen molar-refractivity contribution >= 4 is 11.9 Å². The number of morpholine rings is 1. The molecule has 0 aromatic carbocycles. The summed E-state index contributed by atoms with van der Waals surface area (Å²) >= 11 is 0. The topological polar surface area (TPSA) is 84.6 Å². The van der Waals surface area contributed by atoms with Crippen LogP contribution in [0.4, 0.5) is 5.95 Å². The minimum Gasteiger partial charge on any atom is -0.368 e. The molecule has 2 aromatic rings. The van der Waals surface area contributed by atoms with E-state index < -0.39 is 0 Å². The van der Waals surface area contributed by atoms with Gasteiger partial charge in [0.05, 0.1) is 24.5 Å². The molecule has 132 valence electrons. The summed E-state index contributed by atoms with van der Waals surface area (Å²) in [5, 5.41) is 3.79. The quantitative estimate of drug-likeness (QED) is 0.836. The van der Waals surface area contributed by atoms with E-state index in [1.54, 1.807) is 24.1 Å². The first-order valence-corrected chi connectivity index (χ1v) is 8.63. The molecule has 1 atom stereocenters. The van der Waals surface area contributed by atoms with Gasteiger partial charge in [-0.3, -0.25) is 4.79 Å². The van der Waals surface area contributed by atoms with Crippen LogP contribution >= 0.6 is 0 Å². The van der Waals surface area contributed by atoms with Gasteiger partial charge in [0.15, 0.2) is 0 Å². The molecular formula is C17H21N5O3. The van der Waals surface area contributed by atoms with Crippen molar-refractivity contribution in [2.75, 3.05) is 37.7 Å². The van der Waals surface area contributed by atoms with Gasteiger partial charge in [-0.25, -0.2) is 9.97 Å². The van der Waals surface area contributed by atoms with Gasteiger partial charge >= 0.3 is 0 Å². The molecule has 0 bridgehead atoms. The second-order valence-electron chi connectivity index (χ2n) is 6.42. The van der Waals surface area contributed by atoms with Crippen LogP contribution in [0.25, 0.3) is 0 Å². The van der Waals surface area contributed by atoms with Crippen LogP contribution in [0.15, 0.2) is 22.9 Å². The number of aryl methyl sites for hydroxylation is 1. The molecule has 4 rings (SSSR count). The average Bonchev–Trinajstić information content (AvgIpc) is 3.33. The molecular weight excluding hydrogens is 322 g/mol. The van der Waals surface area contributed by atoms with E-state index in [-0.39, 0.29) is 17.8 Å². The van der Waals surface area contributed by atoms with Crippen molar-refractivity contribution in [2.24, 2.45) is 0 Å². The van der Waals surface area contributed by atoms with E-state index >= 15 is 0 Å². The van der Waals surface area contributed by atoms with Gasteiger partial charge in [0.25, 0.3) is 5.91 Å². The van der Waals surface area contributed by atoms with Gasteiger partial charge < -0.3 is 19.1 Å². The number of nitrogens with zero attached hydrogens (tertiary/aromatic N) is 5. The summed E-state index contributed by atoms with van der Waals surface area (Å²) in [6.07, 6.45) is 3.85. The Kier molecular flexibility index (Phi) is 4.35. The summed E-state index contributed by atoms with van der Waals surface area (Å²) in [6.45, 7) is 5.21. The molecule has 2 aromatic heterocycles. The second kappa shape index (κ2) is 6.79. The van der Waals surface area contributed by atoms with E-state index in [9.17, 15) is 4.79 Å². The number of amides is 1. The monoisotopic (exact) mass is 343 g/mol. The summed E-state index contributed by atoms with van der Waals surface area (Å²) < 4.78 is 10.9. The van der Waals surface area contributed by atoms with Crippen LogP contribution in [0.2, 0.25) is 0 Å². The van der Waals surface area contributed by atoms with Crippen LogP contribution in [0.3, 0.4) is 0 Å². The highest BCUT2D eigenvalue weighted by Crippen LogP contribution is 2.24. The summed E-state index contributed by atoms with van der Waals surface area (Å²) in [7, 11) is 0. The molecule has 4 heterocycles. The first-order valence-electron chi connectivity index (χ1n) is 8.63. The number of hydrogen-bond acceptors (Lipinski definition) is 7. The van der Waals surface area contributed by atoms with Gasteiger partial charge in [0, 0.05) is 31.9 Å². The summed E-state index contributed by atoms with van der Waals surface area (Å²) in [4.78, 5) is 25.5. The number of carbonyl (C=O) groups excluding carboxylic acids is 1. The Bertz CT molecular complexity index is 756. The van der Waals surface area contributed by atoms with Gasteiger partial charge in [-0.15, -0.1) is 0 Å². The largest absolute Gasteiger partial charge is 0.368 e. The molecule has 2 aliphatic rings. The second-order valence-corrected chi connectivity index (χ2v) is 6.42. The molecule has 2 aliphatic heterocycles. The number of ether oxygens (including phenoxy) is 1. The van der Waals surface area contributed by atoms with Crippen molar-refractivity contribution in [3.63, 3.8) is 0 Å². The van der Waals surface area contributed by atoms with Gasteiger partial charge in [0.1, 0.15) is 6.10 Å². The molecule has 2 saturated heterocycles. The average molecular weight is 343 g/mol. The third-order valence-electron chi connectivity index (χ3n) is 4.58. The van der Waals surface area contributed by atoms with Crippen LogP contribution in [-0.2, 0) is 4.74 Å². The zero-order valence-corrected chi connectivity index (χ0v) is 14.2. The molecule has 0 unspecified atom stereocenters. The maximum Gasteiger partial charge on any atom is 0.292 e. The van der Waals surface area contributed by atoms with Gasteiger partial charge in [-0.05, 0) is 25.8 Å². The maximum absolute atomic E-state index is 12.6. The molecule has 0 aliphatic carbocycles. The summed E-state index contributed by atoms with van der Waals surface area (Å²) in [5.74, 6) is 0.842. The SMILES string of the molecule is Cc1cc(C(=O)N2CCO[C@H](c3ccnc(N4CCCC4)n3)C2)on1. The smallest absolute Gasteiger partial charge is 0.292 e. The van der Waals surface area contributed by atoms with E-state index in [0.29, 0.717) is 25.4 Å². The molecule has 0 N–H and O–H groups in total. The lowest BCUT2D eigenvalue weighted by Crippen LogP contribution is -2.42. The fourth-order valence-electron chi connectivity index (χ4n) is 3.24. The molecule has 8 nitrogen and oxygen atoms in total. The number of anilines is 1. The predicted molar refractivity (Wildman–Crippen MR) is 89.3 cm³/mol. The zero-order valence-electron chi connectivity index (χ0n) is 14.2. The minimum atomic E-state index is -0.258. The Labute approximate surface area is 145 Å². The number of rotatable bonds is 3. The Hall–Kier alpha value is -2.48. The lowest BCUT2D eigenvalue weighted by Gasteiger charge is -2.32. The van der Waals surface area contributed by atoms with Crippen molar-refractivity contribution in [1.82, 2.24) is 20.0 Å². The number of aromatic nitrogens is 3. The van der Waals surface area contributed by atoms with Gasteiger partial charge in [-0.2, -0.15) is 0 Å². The Morgan fingerprint density at radius 1 is 1.28 bits per heavy atom. The number of carbonyl (C=O) groups is 1. The summed E-state index contributed by atoms with van der Waals surface area (Å²) in [6, 6.07) is 3.51. The highest BCUT2D eigenvalue weighted by molar-refractivity contribution is 5.91. The number of hydrogen-bond donors (Lipinski definition) is 0. The standard InChI is InChI=1S/C17H21N5O3/c1-12-10-14(25-20-12)16(23)22-8-9-24-15(11-22)13-4-5-18-17(19-13)21-6-2-3-7-21/h4-5,10,15H,2-3,6-9,11H2,1H3/t15-/m0/s1. The third-order valence-corrected chi connectivity index (χ3v) is 4.58. The van der Waals surface area contributed by atoms with Crippen molar-refractivity contribution in [3.8, 4) is 0 Å². The van der Waals surface area contributed by atoms with Gasteiger partial charge in [-0.1, -0.05) is 5.16 Å². The van der Waals surface area contributed by atoms with E-state index in [2.05, 4.69) is 20.0 Å². The van der Waals surface area contributed by atoms with Crippen LogP contribution in [0.1, 0.15) is 40.9 Å². The zero-order chi connectivity index (χ0) is 17.2. The van der Waals surface area contributed by atoms with E-state index in [4.69, 9.17) is 9.26 Å². The first kappa shape index (κ1) is 16.0. The van der Waals surface area contributed by atoms with Crippen LogP contribution in [0.5, 0.6) is 0 Å². The maximum atomic E-state index is 12.6. The van der Waals surface area contributed by atoms with Crippen LogP contribution in [0, 0.1) is 6.92 Å². The van der Waals surface area contributed by atoms with Crippen molar-refractivity contribution < 1.29 is 14.1 Å². The summed E-state index contributed by atoms with van der Waals surface area (Å²) in [5.41, 5.74) is 1.50. The molecule has 25 heavy (non-hydrogen) atoms. The molecule has 0 radical (unpaired) electrons. The molecule has 2 fully saturated rings. The van der Waals surface area contributed by atoms with Crippen LogP contribution < -0.4 is 4.90 Å². The lowest BCUT2D eigenvalue weighted by atomic mass is 10.2. The Balaban J connectivity index is 1.49. The third kappa shape index (κ3) is 3.34. The first-order chi connectivity index (χ1) is 12.2. The Morgan fingerprint density at radius 3 is 2.88 bits per heavy atom. The van der Waals surface area contributed by atoms with Crippen molar-refractivity contribution in [1.29, 1.82) is 0 Å². The molecule has 1 amide bonds. The van der Waals surface area contributed by atoms with Crippen molar-refractivity contribution in [2.45, 2.75) is 25.9 Å².